The van der Waals surface area contributed by atoms with Gasteiger partial charge in [-0.1, -0.05) is 33.3 Å². The van der Waals surface area contributed by atoms with Crippen LogP contribution in [0.3, 0.4) is 0 Å². The topological polar surface area (TPSA) is 35.2 Å². The molecule has 118 valence electrons. The molecule has 0 saturated heterocycles. The average molecular weight is 293 g/mol. The summed E-state index contributed by atoms with van der Waals surface area (Å²) in [6, 6.07) is 5.15. The number of nitrogens with two attached hydrogens (primary N) is 1. The first-order valence-electron chi connectivity index (χ1n) is 7.89. The van der Waals surface area contributed by atoms with Crippen LogP contribution in [0.15, 0.2) is 18.2 Å². The molecule has 2 N–H and O–H groups in total. The number of hydrogen-bond donors (Lipinski definition) is 1. The summed E-state index contributed by atoms with van der Waals surface area (Å²) < 4.78 is 19.0. The molecular weight excluding hydrogens is 265 g/mol. The minimum Gasteiger partial charge on any atom is -0.494 e. The summed E-state index contributed by atoms with van der Waals surface area (Å²) in [6.45, 7) is 6.90. The van der Waals surface area contributed by atoms with Crippen molar-refractivity contribution in [3.05, 3.63) is 29.6 Å². The van der Waals surface area contributed by atoms with Crippen LogP contribution in [0.5, 0.6) is 5.75 Å². The Morgan fingerprint density at radius 1 is 1.24 bits per heavy atom. The van der Waals surface area contributed by atoms with Gasteiger partial charge in [-0.3, -0.25) is 0 Å². The van der Waals surface area contributed by atoms with Gasteiger partial charge >= 0.3 is 0 Å². The normalized spacial score (nSPS) is 27.2. The van der Waals surface area contributed by atoms with Crippen LogP contribution in [-0.4, -0.2) is 7.11 Å². The van der Waals surface area contributed by atoms with Gasteiger partial charge in [-0.05, 0) is 54.7 Å². The molecule has 2 atom stereocenters. The Balaban J connectivity index is 2.21. The molecule has 1 aromatic carbocycles. The molecule has 2 unspecified atom stereocenters. The lowest BCUT2D eigenvalue weighted by Crippen LogP contribution is -2.36. The third-order valence-corrected chi connectivity index (χ3v) is 5.07. The van der Waals surface area contributed by atoms with Crippen molar-refractivity contribution in [2.45, 2.75) is 58.4 Å². The molecule has 21 heavy (non-hydrogen) atoms. The quantitative estimate of drug-likeness (QED) is 0.808. The molecule has 0 aromatic heterocycles. The van der Waals surface area contributed by atoms with Gasteiger partial charge in [-0.2, -0.15) is 0 Å². The van der Waals surface area contributed by atoms with Crippen LogP contribution < -0.4 is 10.5 Å². The lowest BCUT2D eigenvalue weighted by atomic mass is 9.75. The highest BCUT2D eigenvalue weighted by Crippen LogP contribution is 2.42. The monoisotopic (exact) mass is 293 g/mol. The van der Waals surface area contributed by atoms with Gasteiger partial charge in [0, 0.05) is 5.54 Å². The molecule has 1 aliphatic rings. The molecule has 1 aromatic rings. The van der Waals surface area contributed by atoms with Crippen molar-refractivity contribution in [1.29, 1.82) is 0 Å². The second kappa shape index (κ2) is 5.96. The molecule has 1 saturated carbocycles. The zero-order valence-electron chi connectivity index (χ0n) is 13.7. The average Bonchev–Trinajstić information content (AvgIpc) is 2.61. The zero-order valence-corrected chi connectivity index (χ0v) is 13.7. The van der Waals surface area contributed by atoms with E-state index in [-0.39, 0.29) is 11.6 Å². The van der Waals surface area contributed by atoms with Crippen LogP contribution in [0, 0.1) is 17.2 Å². The number of halogens is 1. The van der Waals surface area contributed by atoms with Crippen molar-refractivity contribution in [1.82, 2.24) is 0 Å². The van der Waals surface area contributed by atoms with E-state index in [9.17, 15) is 4.39 Å². The first kappa shape index (κ1) is 16.3. The fourth-order valence-corrected chi connectivity index (χ4v) is 3.50. The molecule has 1 aliphatic carbocycles. The van der Waals surface area contributed by atoms with E-state index in [4.69, 9.17) is 10.5 Å². The van der Waals surface area contributed by atoms with Crippen LogP contribution in [0.1, 0.15) is 58.4 Å². The van der Waals surface area contributed by atoms with Gasteiger partial charge in [0.2, 0.25) is 0 Å². The predicted octanol–water partition coefficient (Wildman–Crippen LogP) is 4.61. The number of ether oxygens (including phenoxy) is 1. The number of methoxy groups -OCH3 is 1. The van der Waals surface area contributed by atoms with Gasteiger partial charge in [0.15, 0.2) is 11.6 Å². The van der Waals surface area contributed by atoms with Gasteiger partial charge in [-0.15, -0.1) is 0 Å². The Morgan fingerprint density at radius 2 is 1.95 bits per heavy atom. The Labute approximate surface area is 127 Å². The van der Waals surface area contributed by atoms with E-state index in [1.165, 1.54) is 13.5 Å². The molecule has 0 heterocycles. The number of hydrogen-bond acceptors (Lipinski definition) is 2. The van der Waals surface area contributed by atoms with Crippen LogP contribution in [0.25, 0.3) is 0 Å². The first-order chi connectivity index (χ1) is 9.76. The van der Waals surface area contributed by atoms with Crippen LogP contribution in [-0.2, 0) is 5.54 Å². The van der Waals surface area contributed by atoms with Crippen molar-refractivity contribution < 1.29 is 9.13 Å². The first-order valence-corrected chi connectivity index (χ1v) is 7.89. The number of rotatable bonds is 2. The molecule has 3 heteroatoms. The zero-order chi connectivity index (χ0) is 15.7. The molecule has 0 bridgehead atoms. The van der Waals surface area contributed by atoms with Crippen molar-refractivity contribution in [3.63, 3.8) is 0 Å². The Bertz CT molecular complexity index is 494. The molecule has 0 radical (unpaired) electrons. The summed E-state index contributed by atoms with van der Waals surface area (Å²) in [5.41, 5.74) is 7.44. The standard InChI is InChI=1S/C18H28FNO/c1-17(2,3)13-6-5-10-18(20,11-9-13)14-7-8-16(21-4)15(19)12-14/h7-8,12-13H,5-6,9-11,20H2,1-4H3. The lowest BCUT2D eigenvalue weighted by Gasteiger charge is -2.32. The van der Waals surface area contributed by atoms with Crippen molar-refractivity contribution >= 4 is 0 Å². The van der Waals surface area contributed by atoms with Crippen molar-refractivity contribution in [3.8, 4) is 5.75 Å². The van der Waals surface area contributed by atoms with Gasteiger partial charge in [-0.25, -0.2) is 4.39 Å². The van der Waals surface area contributed by atoms with Crippen molar-refractivity contribution in [2.24, 2.45) is 17.1 Å². The maximum Gasteiger partial charge on any atom is 0.165 e. The highest BCUT2D eigenvalue weighted by atomic mass is 19.1. The molecule has 0 aliphatic heterocycles. The van der Waals surface area contributed by atoms with Crippen LogP contribution in [0.4, 0.5) is 4.39 Å². The Hall–Kier alpha value is -1.09. The second-order valence-electron chi connectivity index (χ2n) is 7.50. The van der Waals surface area contributed by atoms with E-state index in [1.54, 1.807) is 12.1 Å². The van der Waals surface area contributed by atoms with E-state index in [0.717, 1.165) is 31.2 Å². The Morgan fingerprint density at radius 3 is 2.52 bits per heavy atom. The lowest BCUT2D eigenvalue weighted by molar-refractivity contribution is 0.210. The van der Waals surface area contributed by atoms with E-state index >= 15 is 0 Å². The van der Waals surface area contributed by atoms with E-state index < -0.39 is 5.54 Å². The van der Waals surface area contributed by atoms with Gasteiger partial charge < -0.3 is 10.5 Å². The summed E-state index contributed by atoms with van der Waals surface area (Å²) in [4.78, 5) is 0. The molecule has 0 amide bonds. The molecular formula is C18H28FNO. The van der Waals surface area contributed by atoms with Gasteiger partial charge in [0.1, 0.15) is 0 Å². The SMILES string of the molecule is COc1ccc(C2(N)CCCC(C(C)(C)C)CC2)cc1F. The van der Waals surface area contributed by atoms with Gasteiger partial charge in [0.05, 0.1) is 7.11 Å². The molecule has 2 nitrogen and oxygen atoms in total. The minimum absolute atomic E-state index is 0.281. The predicted molar refractivity (Wildman–Crippen MR) is 84.8 cm³/mol. The van der Waals surface area contributed by atoms with Crippen LogP contribution >= 0.6 is 0 Å². The summed E-state index contributed by atoms with van der Waals surface area (Å²) >= 11 is 0. The highest BCUT2D eigenvalue weighted by molar-refractivity contribution is 5.33. The van der Waals surface area contributed by atoms with E-state index in [2.05, 4.69) is 20.8 Å². The minimum atomic E-state index is -0.410. The maximum atomic E-state index is 14.0. The molecule has 0 spiro atoms. The summed E-state index contributed by atoms with van der Waals surface area (Å²) in [7, 11) is 1.48. The van der Waals surface area contributed by atoms with E-state index in [0.29, 0.717) is 11.3 Å². The van der Waals surface area contributed by atoms with E-state index in [1.807, 2.05) is 6.07 Å². The maximum absolute atomic E-state index is 14.0. The summed E-state index contributed by atoms with van der Waals surface area (Å²) in [6.07, 6.45) is 5.26. The molecule has 2 rings (SSSR count). The Kier molecular flexibility index (Phi) is 4.62. The third-order valence-electron chi connectivity index (χ3n) is 5.07. The van der Waals surface area contributed by atoms with Crippen molar-refractivity contribution in [2.75, 3.05) is 7.11 Å². The fraction of sp³-hybridized carbons (Fsp3) is 0.667. The smallest absolute Gasteiger partial charge is 0.165 e. The van der Waals surface area contributed by atoms with Gasteiger partial charge in [0.25, 0.3) is 0 Å². The summed E-state index contributed by atoms with van der Waals surface area (Å²) in [5.74, 6) is 0.644. The number of benzene rings is 1. The highest BCUT2D eigenvalue weighted by Gasteiger charge is 2.35. The fourth-order valence-electron chi connectivity index (χ4n) is 3.50. The summed E-state index contributed by atoms with van der Waals surface area (Å²) in [5, 5.41) is 0. The second-order valence-corrected chi connectivity index (χ2v) is 7.50. The molecule has 1 fully saturated rings. The van der Waals surface area contributed by atoms with Crippen LogP contribution in [0.2, 0.25) is 0 Å². The largest absolute Gasteiger partial charge is 0.494 e. The third kappa shape index (κ3) is 3.57.